The van der Waals surface area contributed by atoms with Crippen LogP contribution in [-0.2, 0) is 6.54 Å². The summed E-state index contributed by atoms with van der Waals surface area (Å²) in [7, 11) is 0. The van der Waals surface area contributed by atoms with Gasteiger partial charge in [0.1, 0.15) is 11.5 Å². The summed E-state index contributed by atoms with van der Waals surface area (Å²) in [5, 5.41) is 19.7. The number of hydrogen-bond acceptors (Lipinski definition) is 4. The minimum atomic E-state index is 0.258. The molecule has 120 valence electrons. The van der Waals surface area contributed by atoms with Crippen LogP contribution in [0.2, 0.25) is 0 Å². The van der Waals surface area contributed by atoms with Crippen molar-refractivity contribution in [3.8, 4) is 11.5 Å². The number of hydrogen-bond donors (Lipinski definition) is 2. The van der Waals surface area contributed by atoms with Crippen molar-refractivity contribution in [1.82, 2.24) is 4.90 Å². The topological polar surface area (TPSA) is 56.1 Å². The van der Waals surface area contributed by atoms with Crippen LogP contribution in [0.15, 0.2) is 53.5 Å². The van der Waals surface area contributed by atoms with Crippen molar-refractivity contribution < 1.29 is 10.2 Å². The Morgan fingerprint density at radius 3 is 2.57 bits per heavy atom. The third kappa shape index (κ3) is 3.90. The van der Waals surface area contributed by atoms with Crippen LogP contribution in [0.3, 0.4) is 0 Å². The number of phenols is 2. The maximum atomic E-state index is 9.93. The van der Waals surface area contributed by atoms with Gasteiger partial charge in [-0.2, -0.15) is 0 Å². The first-order valence-corrected chi connectivity index (χ1v) is 8.03. The first-order valence-electron chi connectivity index (χ1n) is 8.03. The molecule has 0 aromatic heterocycles. The summed E-state index contributed by atoms with van der Waals surface area (Å²) >= 11 is 0. The Morgan fingerprint density at radius 2 is 1.78 bits per heavy atom. The minimum Gasteiger partial charge on any atom is -0.508 e. The number of benzene rings is 2. The maximum Gasteiger partial charge on any atom is 0.124 e. The zero-order valence-electron chi connectivity index (χ0n) is 13.1. The molecular weight excluding hydrogens is 288 g/mol. The second kappa shape index (κ2) is 7.29. The largest absolute Gasteiger partial charge is 0.508 e. The number of aromatic hydroxyl groups is 2. The lowest BCUT2D eigenvalue weighted by Crippen LogP contribution is -2.31. The van der Waals surface area contributed by atoms with E-state index in [0.717, 1.165) is 37.1 Å². The van der Waals surface area contributed by atoms with Crippen molar-refractivity contribution in [2.45, 2.75) is 25.4 Å². The standard InChI is InChI=1S/C19H22N2O2/c22-18-9-3-1-6-15(18)12-20-13-17-8-5-11-21(17)14-16-7-2-4-10-19(16)23/h1-4,6-7,9-10,12,17,22-23H,5,8,11,13-14H2/b20-12+. The average Bonchev–Trinajstić information content (AvgIpc) is 2.99. The zero-order chi connectivity index (χ0) is 16.1. The smallest absolute Gasteiger partial charge is 0.124 e. The van der Waals surface area contributed by atoms with Crippen molar-refractivity contribution in [3.05, 3.63) is 59.7 Å². The monoisotopic (exact) mass is 310 g/mol. The van der Waals surface area contributed by atoms with Gasteiger partial charge in [-0.25, -0.2) is 0 Å². The summed E-state index contributed by atoms with van der Waals surface area (Å²) < 4.78 is 0. The molecule has 3 rings (SSSR count). The van der Waals surface area contributed by atoms with Gasteiger partial charge in [0.25, 0.3) is 0 Å². The number of phenolic OH excluding ortho intramolecular Hbond substituents is 2. The Balaban J connectivity index is 1.61. The van der Waals surface area contributed by atoms with Gasteiger partial charge in [-0.1, -0.05) is 30.3 Å². The van der Waals surface area contributed by atoms with Crippen molar-refractivity contribution in [2.75, 3.05) is 13.1 Å². The zero-order valence-corrected chi connectivity index (χ0v) is 13.1. The molecule has 1 unspecified atom stereocenters. The van der Waals surface area contributed by atoms with E-state index in [1.54, 1.807) is 24.4 Å². The Hall–Kier alpha value is -2.33. The normalized spacial score (nSPS) is 18.7. The highest BCUT2D eigenvalue weighted by molar-refractivity contribution is 5.83. The van der Waals surface area contributed by atoms with Crippen LogP contribution >= 0.6 is 0 Å². The van der Waals surface area contributed by atoms with Crippen LogP contribution in [0, 0.1) is 0 Å². The van der Waals surface area contributed by atoms with Crippen LogP contribution in [-0.4, -0.2) is 40.5 Å². The predicted octanol–water partition coefficient (Wildman–Crippen LogP) is 3.18. The first kappa shape index (κ1) is 15.6. The number of likely N-dealkylation sites (tertiary alicyclic amines) is 1. The quantitative estimate of drug-likeness (QED) is 0.834. The van der Waals surface area contributed by atoms with E-state index in [0.29, 0.717) is 18.3 Å². The molecule has 0 bridgehead atoms. The summed E-state index contributed by atoms with van der Waals surface area (Å²) in [4.78, 5) is 6.88. The molecule has 1 atom stereocenters. The van der Waals surface area contributed by atoms with E-state index in [4.69, 9.17) is 0 Å². The average molecular weight is 310 g/mol. The highest BCUT2D eigenvalue weighted by Gasteiger charge is 2.24. The maximum absolute atomic E-state index is 9.93. The molecule has 0 aliphatic carbocycles. The van der Waals surface area contributed by atoms with Gasteiger partial charge in [-0.3, -0.25) is 9.89 Å². The van der Waals surface area contributed by atoms with Gasteiger partial charge in [-0.15, -0.1) is 0 Å². The number of para-hydroxylation sites is 2. The molecule has 4 heteroatoms. The summed E-state index contributed by atoms with van der Waals surface area (Å²) in [6.45, 7) is 2.50. The Bertz CT molecular complexity index is 685. The molecular formula is C19H22N2O2. The van der Waals surface area contributed by atoms with Gasteiger partial charge in [0.2, 0.25) is 0 Å². The van der Waals surface area contributed by atoms with E-state index in [1.807, 2.05) is 30.3 Å². The highest BCUT2D eigenvalue weighted by Crippen LogP contribution is 2.24. The molecule has 1 aliphatic heterocycles. The lowest BCUT2D eigenvalue weighted by atomic mass is 10.1. The third-order valence-electron chi connectivity index (χ3n) is 4.35. The number of aliphatic imine (C=N–C) groups is 1. The summed E-state index contributed by atoms with van der Waals surface area (Å²) in [6, 6.07) is 15.1. The second-order valence-electron chi connectivity index (χ2n) is 5.95. The lowest BCUT2D eigenvalue weighted by Gasteiger charge is -2.23. The van der Waals surface area contributed by atoms with Gasteiger partial charge < -0.3 is 10.2 Å². The molecule has 4 nitrogen and oxygen atoms in total. The highest BCUT2D eigenvalue weighted by atomic mass is 16.3. The molecule has 0 radical (unpaired) electrons. The Kier molecular flexibility index (Phi) is 4.93. The molecule has 23 heavy (non-hydrogen) atoms. The van der Waals surface area contributed by atoms with Gasteiger partial charge in [-0.05, 0) is 37.6 Å². The van der Waals surface area contributed by atoms with Crippen LogP contribution < -0.4 is 0 Å². The van der Waals surface area contributed by atoms with Crippen molar-refractivity contribution >= 4 is 6.21 Å². The molecule has 2 aromatic carbocycles. The third-order valence-corrected chi connectivity index (χ3v) is 4.35. The predicted molar refractivity (Wildman–Crippen MR) is 92.1 cm³/mol. The van der Waals surface area contributed by atoms with Gasteiger partial charge in [0, 0.05) is 29.9 Å². The fraction of sp³-hybridized carbons (Fsp3) is 0.316. The molecule has 2 N–H and O–H groups in total. The Labute approximate surface area is 136 Å². The van der Waals surface area contributed by atoms with Crippen molar-refractivity contribution in [2.24, 2.45) is 4.99 Å². The van der Waals surface area contributed by atoms with Crippen LogP contribution in [0.25, 0.3) is 0 Å². The summed E-state index contributed by atoms with van der Waals surface area (Å²) in [5.41, 5.74) is 1.71. The van der Waals surface area contributed by atoms with E-state index < -0.39 is 0 Å². The summed E-state index contributed by atoms with van der Waals surface area (Å²) in [5.74, 6) is 0.615. The number of nitrogens with zero attached hydrogens (tertiary/aromatic N) is 2. The first-order chi connectivity index (χ1) is 11.2. The fourth-order valence-electron chi connectivity index (χ4n) is 3.04. The molecule has 2 aromatic rings. The number of rotatable bonds is 5. The van der Waals surface area contributed by atoms with Crippen molar-refractivity contribution in [3.63, 3.8) is 0 Å². The van der Waals surface area contributed by atoms with E-state index in [9.17, 15) is 10.2 Å². The summed E-state index contributed by atoms with van der Waals surface area (Å²) in [6.07, 6.45) is 4.02. The van der Waals surface area contributed by atoms with E-state index in [-0.39, 0.29) is 5.75 Å². The Morgan fingerprint density at radius 1 is 1.04 bits per heavy atom. The molecule has 1 saturated heterocycles. The van der Waals surface area contributed by atoms with E-state index in [1.165, 1.54) is 0 Å². The molecule has 1 heterocycles. The van der Waals surface area contributed by atoms with Gasteiger partial charge >= 0.3 is 0 Å². The van der Waals surface area contributed by atoms with Gasteiger partial charge in [0.15, 0.2) is 0 Å². The van der Waals surface area contributed by atoms with Crippen LogP contribution in [0.5, 0.6) is 11.5 Å². The van der Waals surface area contributed by atoms with E-state index in [2.05, 4.69) is 9.89 Å². The van der Waals surface area contributed by atoms with Crippen LogP contribution in [0.1, 0.15) is 24.0 Å². The SMILES string of the molecule is Oc1ccccc1/C=N/CC1CCCN1Cc1ccccc1O. The van der Waals surface area contributed by atoms with Crippen molar-refractivity contribution in [1.29, 1.82) is 0 Å². The lowest BCUT2D eigenvalue weighted by molar-refractivity contribution is 0.247. The fourth-order valence-corrected chi connectivity index (χ4v) is 3.04. The molecule has 1 aliphatic rings. The molecule has 0 spiro atoms. The molecule has 0 saturated carbocycles. The second-order valence-corrected chi connectivity index (χ2v) is 5.95. The molecule has 1 fully saturated rings. The minimum absolute atomic E-state index is 0.258. The van der Waals surface area contributed by atoms with E-state index >= 15 is 0 Å². The van der Waals surface area contributed by atoms with Gasteiger partial charge in [0.05, 0.1) is 6.54 Å². The van der Waals surface area contributed by atoms with Crippen LogP contribution in [0.4, 0.5) is 0 Å². The molecule has 0 amide bonds.